The Bertz CT molecular complexity index is 4030. The van der Waals surface area contributed by atoms with Gasteiger partial charge in [0, 0.05) is 56.0 Å². The molecular formula is C88H97N3. The highest BCUT2D eigenvalue weighted by Crippen LogP contribution is 2.56. The summed E-state index contributed by atoms with van der Waals surface area (Å²) in [4.78, 5) is 4.74. The summed E-state index contributed by atoms with van der Waals surface area (Å²) in [6.07, 6.45) is 29.8. The number of fused-ring (bicyclic) bond motifs is 6. The van der Waals surface area contributed by atoms with Crippen LogP contribution in [0.4, 0.5) is 34.1 Å². The molecule has 0 saturated carbocycles. The first kappa shape index (κ1) is 62.8. The zero-order chi connectivity index (χ0) is 62.4. The highest BCUT2D eigenvalue weighted by molar-refractivity contribution is 6.10. The van der Waals surface area contributed by atoms with Crippen LogP contribution in [0.3, 0.4) is 0 Å². The molecular weight excluding hydrogens is 1100 g/mol. The van der Waals surface area contributed by atoms with E-state index in [9.17, 15) is 0 Å². The molecule has 0 aliphatic heterocycles. The van der Waals surface area contributed by atoms with E-state index in [1.165, 1.54) is 213 Å². The van der Waals surface area contributed by atoms with Crippen molar-refractivity contribution in [2.75, 3.05) is 9.80 Å². The first-order valence-electron chi connectivity index (χ1n) is 35.2. The van der Waals surface area contributed by atoms with E-state index in [4.69, 9.17) is 0 Å². The van der Waals surface area contributed by atoms with Gasteiger partial charge in [0.2, 0.25) is 0 Å². The maximum Gasteiger partial charge on any atom is 0.0547 e. The van der Waals surface area contributed by atoms with Gasteiger partial charge in [-0.3, -0.25) is 0 Å². The van der Waals surface area contributed by atoms with Crippen LogP contribution in [0.15, 0.2) is 231 Å². The smallest absolute Gasteiger partial charge is 0.0547 e. The number of hydrogen-bond acceptors (Lipinski definition) is 2. The summed E-state index contributed by atoms with van der Waals surface area (Å²) in [5.41, 5.74) is 25.5. The monoisotopic (exact) mass is 1200 g/mol. The number of unbranched alkanes of at least 4 members (excludes halogenated alkanes) is 18. The lowest BCUT2D eigenvalue weighted by Crippen LogP contribution is -2.26. The molecule has 3 heteroatoms. The molecule has 1 aliphatic rings. The number of aryl methyl sites for hydroxylation is 3. The molecule has 0 N–H and O–H groups in total. The van der Waals surface area contributed by atoms with Gasteiger partial charge in [-0.15, -0.1) is 0 Å². The predicted molar refractivity (Wildman–Crippen MR) is 394 cm³/mol. The number of nitrogens with zero attached hydrogens (tertiary/aromatic N) is 3. The van der Waals surface area contributed by atoms with Crippen molar-refractivity contribution >= 4 is 55.9 Å². The molecule has 1 aromatic heterocycles. The Morgan fingerprint density at radius 1 is 0.297 bits per heavy atom. The lowest BCUT2D eigenvalue weighted by Gasteiger charge is -2.33. The molecule has 12 rings (SSSR count). The van der Waals surface area contributed by atoms with Gasteiger partial charge in [-0.2, -0.15) is 0 Å². The molecule has 464 valence electrons. The molecule has 91 heavy (non-hydrogen) atoms. The predicted octanol–water partition coefficient (Wildman–Crippen LogP) is 26.9. The summed E-state index contributed by atoms with van der Waals surface area (Å²) in [6.45, 7) is 11.5. The van der Waals surface area contributed by atoms with Gasteiger partial charge < -0.3 is 14.4 Å². The molecule has 0 unspecified atom stereocenters. The number of anilines is 6. The van der Waals surface area contributed by atoms with E-state index in [1.807, 2.05) is 0 Å². The second kappa shape index (κ2) is 30.1. The summed E-state index contributed by atoms with van der Waals surface area (Å²) in [5.74, 6) is 0. The van der Waals surface area contributed by atoms with Crippen molar-refractivity contribution in [2.45, 2.75) is 181 Å². The fourth-order valence-electron chi connectivity index (χ4n) is 15.0. The largest absolute Gasteiger partial charge is 0.311 e. The third-order valence-corrected chi connectivity index (χ3v) is 20.2. The number of para-hydroxylation sites is 3. The van der Waals surface area contributed by atoms with Crippen molar-refractivity contribution in [3.8, 4) is 39.1 Å². The standard InChI is InChI=1S/C88H97N3/c1-6-8-10-12-14-16-18-20-22-32-60-88(61-33-23-21-19-17-15-13-11-9-7-2)84-63-68(5)67(4)62-83(84)80-58-46-71(64-85(80)88)69-42-50-76(51-43-69)90(75-48-40-66(3)41-49-75)77-52-44-70(45-53-77)72-47-59-82-81-38-30-31-39-86(81)91(87(82)65-72)79-56-54-78(55-57-79)89(73-34-26-24-27-35-73)74-36-28-25-29-37-74/h24-31,34-59,62-65H,6-23,32-33,60-61H2,1-5H3. The lowest BCUT2D eigenvalue weighted by atomic mass is 9.70. The normalized spacial score (nSPS) is 12.4. The average molecular weight is 1200 g/mol. The fourth-order valence-corrected chi connectivity index (χ4v) is 15.0. The molecule has 0 fully saturated rings. The Morgan fingerprint density at radius 2 is 0.681 bits per heavy atom. The van der Waals surface area contributed by atoms with Crippen molar-refractivity contribution in [3.63, 3.8) is 0 Å². The molecule has 10 aromatic carbocycles. The van der Waals surface area contributed by atoms with E-state index in [2.05, 4.69) is 280 Å². The number of hydrogen-bond donors (Lipinski definition) is 0. The Kier molecular flexibility index (Phi) is 20.8. The molecule has 1 heterocycles. The van der Waals surface area contributed by atoms with Gasteiger partial charge >= 0.3 is 0 Å². The van der Waals surface area contributed by atoms with E-state index in [1.54, 1.807) is 11.1 Å². The SMILES string of the molecule is CCCCCCCCCCCCC1(CCCCCCCCCCCC)c2cc(-c3ccc(N(c4ccc(C)cc4)c4ccc(-c5ccc6c7ccccc7n(-c7ccc(N(c8ccccc8)c8ccccc8)cc7)c6c5)cc4)cc3)ccc2-c2cc(C)c(C)cc21. The highest BCUT2D eigenvalue weighted by Gasteiger charge is 2.43. The van der Waals surface area contributed by atoms with Crippen molar-refractivity contribution in [1.29, 1.82) is 0 Å². The van der Waals surface area contributed by atoms with Crippen molar-refractivity contribution in [3.05, 3.63) is 258 Å². The van der Waals surface area contributed by atoms with E-state index >= 15 is 0 Å². The minimum Gasteiger partial charge on any atom is -0.311 e. The van der Waals surface area contributed by atoms with Crippen LogP contribution in [0.5, 0.6) is 0 Å². The first-order valence-corrected chi connectivity index (χ1v) is 35.2. The van der Waals surface area contributed by atoms with Crippen LogP contribution in [0, 0.1) is 20.8 Å². The van der Waals surface area contributed by atoms with Gasteiger partial charge in [0.05, 0.1) is 11.0 Å². The quantitative estimate of drug-likeness (QED) is 0.0401. The van der Waals surface area contributed by atoms with Crippen LogP contribution in [0.25, 0.3) is 60.9 Å². The van der Waals surface area contributed by atoms with Crippen LogP contribution >= 0.6 is 0 Å². The van der Waals surface area contributed by atoms with Crippen LogP contribution in [0.2, 0.25) is 0 Å². The molecule has 0 atom stereocenters. The molecule has 11 aromatic rings. The van der Waals surface area contributed by atoms with Crippen molar-refractivity contribution < 1.29 is 0 Å². The molecule has 1 aliphatic carbocycles. The summed E-state index contributed by atoms with van der Waals surface area (Å²) in [5, 5.41) is 2.49. The number of benzene rings is 10. The molecule has 0 spiro atoms. The maximum atomic E-state index is 2.64. The number of rotatable bonds is 31. The lowest BCUT2D eigenvalue weighted by molar-refractivity contribution is 0.396. The summed E-state index contributed by atoms with van der Waals surface area (Å²) >= 11 is 0. The third kappa shape index (κ3) is 14.2. The minimum absolute atomic E-state index is 0.0269. The van der Waals surface area contributed by atoms with E-state index < -0.39 is 0 Å². The van der Waals surface area contributed by atoms with E-state index in [0.29, 0.717) is 0 Å². The van der Waals surface area contributed by atoms with Crippen LogP contribution in [-0.4, -0.2) is 4.57 Å². The van der Waals surface area contributed by atoms with Crippen LogP contribution in [0.1, 0.15) is 183 Å². The van der Waals surface area contributed by atoms with Crippen molar-refractivity contribution in [2.24, 2.45) is 0 Å². The minimum atomic E-state index is 0.0269. The maximum absolute atomic E-state index is 2.64. The average Bonchev–Trinajstić information content (AvgIpc) is 1.59. The van der Waals surface area contributed by atoms with Crippen LogP contribution < -0.4 is 9.80 Å². The second-order valence-electron chi connectivity index (χ2n) is 26.6. The zero-order valence-electron chi connectivity index (χ0n) is 55.3. The molecule has 0 bridgehead atoms. The Hall–Kier alpha value is -8.40. The molecule has 0 saturated heterocycles. The summed E-state index contributed by atoms with van der Waals surface area (Å²) in [6, 6.07) is 86.5. The van der Waals surface area contributed by atoms with Gasteiger partial charge in [-0.1, -0.05) is 275 Å². The van der Waals surface area contributed by atoms with Gasteiger partial charge in [-0.05, 0) is 192 Å². The van der Waals surface area contributed by atoms with Gasteiger partial charge in [0.1, 0.15) is 0 Å². The van der Waals surface area contributed by atoms with Gasteiger partial charge in [0.15, 0.2) is 0 Å². The highest BCUT2D eigenvalue weighted by atomic mass is 15.1. The first-order chi connectivity index (χ1) is 44.8. The zero-order valence-corrected chi connectivity index (χ0v) is 55.3. The van der Waals surface area contributed by atoms with Crippen molar-refractivity contribution in [1.82, 2.24) is 4.57 Å². The molecule has 0 radical (unpaired) electrons. The van der Waals surface area contributed by atoms with Crippen LogP contribution in [-0.2, 0) is 5.41 Å². The fraction of sp³-hybridized carbons (Fsp3) is 0.318. The van der Waals surface area contributed by atoms with Gasteiger partial charge in [-0.25, -0.2) is 0 Å². The van der Waals surface area contributed by atoms with Gasteiger partial charge in [0.25, 0.3) is 0 Å². The Balaban J connectivity index is 0.824. The third-order valence-electron chi connectivity index (χ3n) is 20.2. The second-order valence-corrected chi connectivity index (χ2v) is 26.6. The Labute approximate surface area is 545 Å². The topological polar surface area (TPSA) is 11.4 Å². The number of aromatic nitrogens is 1. The summed E-state index contributed by atoms with van der Waals surface area (Å²) in [7, 11) is 0. The van der Waals surface area contributed by atoms with E-state index in [0.717, 1.165) is 39.8 Å². The molecule has 3 nitrogen and oxygen atoms in total. The van der Waals surface area contributed by atoms with E-state index in [-0.39, 0.29) is 5.41 Å². The Morgan fingerprint density at radius 3 is 1.20 bits per heavy atom. The molecule has 0 amide bonds. The summed E-state index contributed by atoms with van der Waals surface area (Å²) < 4.78 is 2.43.